The fourth-order valence-corrected chi connectivity index (χ4v) is 6.14. The summed E-state index contributed by atoms with van der Waals surface area (Å²) in [6, 6.07) is -0.624. The van der Waals surface area contributed by atoms with Crippen molar-refractivity contribution in [2.45, 2.75) is 37.8 Å². The number of likely N-dealkylation sites (N-methyl/N-ethyl adjacent to an activating group) is 2. The number of nitrogens with two attached hydrogens (primary N) is 1. The summed E-state index contributed by atoms with van der Waals surface area (Å²) in [7, 11) is 4.42. The number of aromatic hydroxyl groups is 1. The van der Waals surface area contributed by atoms with Gasteiger partial charge in [-0.15, -0.1) is 13.2 Å². The Morgan fingerprint density at radius 2 is 1.81 bits per heavy atom. The van der Waals surface area contributed by atoms with Gasteiger partial charge in [0.1, 0.15) is 22.8 Å². The molecule has 3 aliphatic rings. The topological polar surface area (TPSA) is 203 Å². The Labute approximate surface area is 243 Å². The van der Waals surface area contributed by atoms with Crippen LogP contribution in [0.1, 0.15) is 24.5 Å². The number of ketones is 2. The highest BCUT2D eigenvalue weighted by molar-refractivity contribution is 6.24. The maximum Gasteiger partial charge on any atom is 0.573 e. The predicted octanol–water partition coefficient (Wildman–Crippen LogP) is 0.753. The summed E-state index contributed by atoms with van der Waals surface area (Å²) in [6.45, 7) is 2.00. The second-order valence-corrected chi connectivity index (χ2v) is 11.0. The van der Waals surface area contributed by atoms with Gasteiger partial charge in [-0.05, 0) is 46.4 Å². The minimum Gasteiger partial charge on any atom is -0.508 e. The van der Waals surface area contributed by atoms with E-state index < -0.39 is 105 Å². The van der Waals surface area contributed by atoms with Crippen LogP contribution in [0.15, 0.2) is 23.0 Å². The zero-order valence-electron chi connectivity index (χ0n) is 23.6. The summed E-state index contributed by atoms with van der Waals surface area (Å²) in [5.74, 6) is -11.1. The lowest BCUT2D eigenvalue weighted by Gasteiger charge is -2.50. The molecule has 1 aromatic carbocycles. The van der Waals surface area contributed by atoms with Crippen LogP contribution in [0, 0.1) is 11.8 Å². The van der Waals surface area contributed by atoms with Crippen molar-refractivity contribution in [2.75, 3.05) is 39.5 Å². The Morgan fingerprint density at radius 3 is 2.35 bits per heavy atom. The molecule has 16 heteroatoms. The number of phenols is 1. The third-order valence-electron chi connectivity index (χ3n) is 8.13. The molecule has 4 atom stereocenters. The van der Waals surface area contributed by atoms with E-state index in [1.807, 2.05) is 0 Å². The van der Waals surface area contributed by atoms with Gasteiger partial charge >= 0.3 is 6.36 Å². The third-order valence-corrected chi connectivity index (χ3v) is 8.13. The van der Waals surface area contributed by atoms with E-state index in [2.05, 4.69) is 10.1 Å². The molecule has 2 amide bonds. The molecule has 43 heavy (non-hydrogen) atoms. The molecule has 0 aliphatic heterocycles. The number of phenolic OH excluding ortho intramolecular Hbond substituents is 1. The van der Waals surface area contributed by atoms with Gasteiger partial charge in [0.25, 0.3) is 5.91 Å². The van der Waals surface area contributed by atoms with Crippen LogP contribution in [0.25, 0.3) is 5.76 Å². The van der Waals surface area contributed by atoms with Gasteiger partial charge in [-0.2, -0.15) is 0 Å². The highest BCUT2D eigenvalue weighted by Gasteiger charge is 2.64. The Balaban J connectivity index is 1.94. The minimum atomic E-state index is -5.23. The van der Waals surface area contributed by atoms with E-state index in [1.54, 1.807) is 18.9 Å². The van der Waals surface area contributed by atoms with Crippen LogP contribution in [-0.4, -0.2) is 106 Å². The summed E-state index contributed by atoms with van der Waals surface area (Å²) in [5.41, 5.74) is -0.814. The highest BCUT2D eigenvalue weighted by Crippen LogP contribution is 2.55. The van der Waals surface area contributed by atoms with Gasteiger partial charge in [-0.3, -0.25) is 29.0 Å². The molecule has 0 spiro atoms. The zero-order chi connectivity index (χ0) is 32.3. The SMILES string of the molecule is CCN(C)CC(=O)Nc1cc(OC(F)(F)F)c2c(c1O)C(O)=C1C(=O)[C@]3(O)C(O)=C(C(N)=O)C(=O)[C@@H](N(C)C)[C@@H]3C[C@@H]1C2. The number of nitrogens with zero attached hydrogens (tertiary/aromatic N) is 2. The molecular formula is C27H31F3N4O9. The molecular weight excluding hydrogens is 581 g/mol. The highest BCUT2D eigenvalue weighted by atomic mass is 19.4. The first-order chi connectivity index (χ1) is 19.8. The van der Waals surface area contributed by atoms with Crippen LogP contribution in [0.4, 0.5) is 18.9 Å². The number of aliphatic hydroxyl groups is 3. The summed E-state index contributed by atoms with van der Waals surface area (Å²) < 4.78 is 44.6. The summed E-state index contributed by atoms with van der Waals surface area (Å²) in [4.78, 5) is 54.5. The monoisotopic (exact) mass is 612 g/mol. The first kappa shape index (κ1) is 31.8. The summed E-state index contributed by atoms with van der Waals surface area (Å²) in [5, 5.41) is 47.2. The number of primary amides is 1. The van der Waals surface area contributed by atoms with Gasteiger partial charge in [-0.25, -0.2) is 0 Å². The second-order valence-electron chi connectivity index (χ2n) is 11.0. The number of rotatable bonds is 7. The van der Waals surface area contributed by atoms with Crippen LogP contribution < -0.4 is 15.8 Å². The number of amides is 2. The van der Waals surface area contributed by atoms with Gasteiger partial charge < -0.3 is 36.2 Å². The number of fused-ring (bicyclic) bond motifs is 3. The van der Waals surface area contributed by atoms with Crippen molar-refractivity contribution in [3.8, 4) is 11.5 Å². The lowest BCUT2D eigenvalue weighted by atomic mass is 9.57. The fraction of sp³-hybridized carbons (Fsp3) is 0.481. The molecule has 0 heterocycles. The summed E-state index contributed by atoms with van der Waals surface area (Å²) in [6.07, 6.45) is -6.01. The van der Waals surface area contributed by atoms with Crippen molar-refractivity contribution in [1.82, 2.24) is 9.80 Å². The first-order valence-corrected chi connectivity index (χ1v) is 13.1. The number of aliphatic hydroxyl groups excluding tert-OH is 2. The van der Waals surface area contributed by atoms with Crippen LogP contribution in [-0.2, 0) is 25.6 Å². The van der Waals surface area contributed by atoms with E-state index in [1.165, 1.54) is 19.0 Å². The number of alkyl halides is 3. The fourth-order valence-electron chi connectivity index (χ4n) is 6.14. The van der Waals surface area contributed by atoms with Gasteiger partial charge in [0.2, 0.25) is 11.7 Å². The smallest absolute Gasteiger partial charge is 0.508 e. The lowest BCUT2D eigenvalue weighted by Crippen LogP contribution is -2.65. The molecule has 13 nitrogen and oxygen atoms in total. The van der Waals surface area contributed by atoms with Crippen LogP contribution in [0.5, 0.6) is 11.5 Å². The maximum absolute atomic E-state index is 13.9. The number of anilines is 1. The van der Waals surface area contributed by atoms with Gasteiger partial charge in [0, 0.05) is 23.1 Å². The molecule has 0 saturated heterocycles. The molecule has 3 aliphatic carbocycles. The van der Waals surface area contributed by atoms with Crippen LogP contribution in [0.2, 0.25) is 0 Å². The molecule has 1 saturated carbocycles. The van der Waals surface area contributed by atoms with Gasteiger partial charge in [-0.1, -0.05) is 6.92 Å². The second kappa shape index (κ2) is 10.8. The number of carbonyl (C=O) groups is 4. The van der Waals surface area contributed by atoms with Crippen LogP contribution >= 0.6 is 0 Å². The zero-order valence-corrected chi connectivity index (χ0v) is 23.6. The quantitative estimate of drug-likeness (QED) is 0.187. The van der Waals surface area contributed by atoms with Crippen molar-refractivity contribution in [2.24, 2.45) is 17.6 Å². The van der Waals surface area contributed by atoms with Crippen molar-refractivity contribution < 1.29 is 57.5 Å². The van der Waals surface area contributed by atoms with E-state index in [0.717, 1.165) is 6.07 Å². The standard InChI is InChI=1S/C27H31F3N4O9/c1-5-34(4)9-15(35)32-13-8-14(43-27(28,29)30)11-6-10-7-12-19(33(2)3)22(38)18(25(31)41)24(40)26(12,42)23(39)16(10)21(37)17(11)20(13)36/h8,10,12,19,36-37,40,42H,5-7,9H2,1-4H3,(H2,31,41)(H,32,35)/t10-,12-,19-,26-/m0/s1. The predicted molar refractivity (Wildman–Crippen MR) is 143 cm³/mol. The Morgan fingerprint density at radius 1 is 1.19 bits per heavy atom. The molecule has 0 bridgehead atoms. The van der Waals surface area contributed by atoms with E-state index in [0.29, 0.717) is 6.54 Å². The molecule has 4 rings (SSSR count). The third kappa shape index (κ3) is 5.19. The molecule has 234 valence electrons. The first-order valence-electron chi connectivity index (χ1n) is 13.1. The van der Waals surface area contributed by atoms with Crippen molar-refractivity contribution >= 4 is 34.8 Å². The molecule has 0 radical (unpaired) electrons. The lowest BCUT2D eigenvalue weighted by molar-refractivity contribution is -0.275. The van der Waals surface area contributed by atoms with E-state index in [-0.39, 0.29) is 18.5 Å². The van der Waals surface area contributed by atoms with Gasteiger partial charge in [0.15, 0.2) is 17.1 Å². The number of benzene rings is 1. The van der Waals surface area contributed by atoms with E-state index >= 15 is 0 Å². The van der Waals surface area contributed by atoms with Crippen molar-refractivity contribution in [3.63, 3.8) is 0 Å². The van der Waals surface area contributed by atoms with Crippen molar-refractivity contribution in [3.05, 3.63) is 34.1 Å². The Bertz CT molecular complexity index is 1490. The average molecular weight is 613 g/mol. The number of hydrogen-bond acceptors (Lipinski definition) is 11. The maximum atomic E-state index is 13.9. The summed E-state index contributed by atoms with van der Waals surface area (Å²) >= 11 is 0. The van der Waals surface area contributed by atoms with Gasteiger partial charge in [0.05, 0.1) is 23.8 Å². The molecule has 0 aromatic heterocycles. The molecule has 7 N–H and O–H groups in total. The molecule has 1 fully saturated rings. The Kier molecular flexibility index (Phi) is 8.01. The van der Waals surface area contributed by atoms with Crippen LogP contribution in [0.3, 0.4) is 0 Å². The largest absolute Gasteiger partial charge is 0.573 e. The Hall–Kier alpha value is -4.15. The van der Waals surface area contributed by atoms with Crippen molar-refractivity contribution in [1.29, 1.82) is 0 Å². The average Bonchev–Trinajstić information content (AvgIpc) is 2.87. The molecule has 1 aromatic rings. The van der Waals surface area contributed by atoms with E-state index in [9.17, 15) is 52.8 Å². The normalized spacial score (nSPS) is 25.5. The minimum absolute atomic E-state index is 0.204. The number of ether oxygens (including phenoxy) is 1. The van der Waals surface area contributed by atoms with E-state index in [4.69, 9.17) is 5.73 Å². The molecule has 0 unspecified atom stereocenters. The number of halogens is 3. The number of carbonyl (C=O) groups excluding carboxylic acids is 4. The number of Topliss-reactive ketones (excluding diaryl/α,β-unsaturated/α-hetero) is 2. The number of hydrogen-bond donors (Lipinski definition) is 6. The number of nitrogens with one attached hydrogen (secondary N) is 1.